The third-order valence-corrected chi connectivity index (χ3v) is 2.90. The average molecular weight is 254 g/mol. The minimum absolute atomic E-state index is 0.179. The van der Waals surface area contributed by atoms with Gasteiger partial charge in [-0.05, 0) is 0 Å². The fourth-order valence-electron chi connectivity index (χ4n) is 1.78. The summed E-state index contributed by atoms with van der Waals surface area (Å²) in [5, 5.41) is 17.5. The molecular formula is C12H18N2O4. The summed E-state index contributed by atoms with van der Waals surface area (Å²) in [5.41, 5.74) is 0.358. The lowest BCUT2D eigenvalue weighted by atomic mass is 10.2. The van der Waals surface area contributed by atoms with Crippen LogP contribution in [0.3, 0.4) is 0 Å². The topological polar surface area (TPSA) is 81.1 Å². The van der Waals surface area contributed by atoms with Gasteiger partial charge in [0, 0.05) is 50.4 Å². The Morgan fingerprint density at radius 3 is 1.33 bits per heavy atom. The molecule has 18 heavy (non-hydrogen) atoms. The van der Waals surface area contributed by atoms with Crippen molar-refractivity contribution in [3.05, 3.63) is 24.3 Å². The number of aliphatic carboxylic acids is 2. The maximum Gasteiger partial charge on any atom is 0.332 e. The zero-order chi connectivity index (χ0) is 13.7. The normalized spacial score (nSPS) is 17.3. The van der Waals surface area contributed by atoms with E-state index in [9.17, 15) is 9.59 Å². The summed E-state index contributed by atoms with van der Waals surface area (Å²) in [6.07, 6.45) is 0. The highest BCUT2D eigenvalue weighted by Gasteiger charge is 2.20. The van der Waals surface area contributed by atoms with Crippen molar-refractivity contribution in [3.63, 3.8) is 0 Å². The molecule has 1 aliphatic heterocycles. The predicted octanol–water partition coefficient (Wildman–Crippen LogP) is -0.114. The molecule has 0 atom stereocenters. The van der Waals surface area contributed by atoms with Gasteiger partial charge < -0.3 is 10.2 Å². The van der Waals surface area contributed by atoms with Crippen molar-refractivity contribution in [2.75, 3.05) is 39.3 Å². The summed E-state index contributed by atoms with van der Waals surface area (Å²) >= 11 is 0. The third-order valence-electron chi connectivity index (χ3n) is 2.90. The molecule has 0 saturated carbocycles. The second kappa shape index (κ2) is 6.32. The van der Waals surface area contributed by atoms with Crippen LogP contribution >= 0.6 is 0 Å². The van der Waals surface area contributed by atoms with E-state index >= 15 is 0 Å². The van der Waals surface area contributed by atoms with Crippen molar-refractivity contribution in [2.24, 2.45) is 0 Å². The van der Waals surface area contributed by atoms with Gasteiger partial charge in [0.1, 0.15) is 0 Å². The first kappa shape index (κ1) is 14.4. The van der Waals surface area contributed by atoms with E-state index in [1.165, 1.54) is 0 Å². The van der Waals surface area contributed by atoms with Gasteiger partial charge in [-0.15, -0.1) is 0 Å². The quantitative estimate of drug-likeness (QED) is 0.643. The predicted molar refractivity (Wildman–Crippen MR) is 66.4 cm³/mol. The molecule has 1 saturated heterocycles. The molecule has 100 valence electrons. The highest BCUT2D eigenvalue weighted by atomic mass is 16.4. The molecule has 0 unspecified atom stereocenters. The average Bonchev–Trinajstić information content (AvgIpc) is 2.31. The lowest BCUT2D eigenvalue weighted by Gasteiger charge is -2.34. The van der Waals surface area contributed by atoms with E-state index in [1.807, 2.05) is 9.80 Å². The van der Waals surface area contributed by atoms with E-state index in [2.05, 4.69) is 13.2 Å². The Labute approximate surface area is 106 Å². The van der Waals surface area contributed by atoms with E-state index in [-0.39, 0.29) is 11.1 Å². The molecule has 2 N–H and O–H groups in total. The molecule has 0 aromatic rings. The van der Waals surface area contributed by atoms with Gasteiger partial charge in [0.05, 0.1) is 0 Å². The second-order valence-electron chi connectivity index (χ2n) is 4.37. The highest BCUT2D eigenvalue weighted by molar-refractivity contribution is 5.86. The van der Waals surface area contributed by atoms with Crippen LogP contribution in [0, 0.1) is 0 Å². The van der Waals surface area contributed by atoms with E-state index < -0.39 is 11.9 Å². The molecule has 6 nitrogen and oxygen atoms in total. The molecule has 1 rings (SSSR count). The lowest BCUT2D eigenvalue weighted by Crippen LogP contribution is -2.47. The largest absolute Gasteiger partial charge is 0.478 e. The Kier molecular flexibility index (Phi) is 5.06. The van der Waals surface area contributed by atoms with Crippen LogP contribution in [0.15, 0.2) is 24.3 Å². The van der Waals surface area contributed by atoms with Crippen molar-refractivity contribution in [2.45, 2.75) is 0 Å². The van der Waals surface area contributed by atoms with Gasteiger partial charge in [0.15, 0.2) is 0 Å². The van der Waals surface area contributed by atoms with Crippen molar-refractivity contribution in [1.29, 1.82) is 0 Å². The maximum absolute atomic E-state index is 10.6. The zero-order valence-corrected chi connectivity index (χ0v) is 10.3. The Hall–Kier alpha value is -1.66. The van der Waals surface area contributed by atoms with E-state index in [0.29, 0.717) is 39.3 Å². The molecular weight excluding hydrogens is 236 g/mol. The minimum Gasteiger partial charge on any atom is -0.478 e. The standard InChI is InChI=1S/C12H18N2O4/c1-9(11(15)16)7-13-3-5-14(6-4-13)8-10(2)12(17)18/h1-8H2,(H,15,16)(H,17,18). The van der Waals surface area contributed by atoms with Gasteiger partial charge in [0.2, 0.25) is 0 Å². The first-order valence-corrected chi connectivity index (χ1v) is 5.67. The van der Waals surface area contributed by atoms with Crippen LogP contribution in [0.2, 0.25) is 0 Å². The van der Waals surface area contributed by atoms with E-state index in [4.69, 9.17) is 10.2 Å². The Bertz CT molecular complexity index is 334. The van der Waals surface area contributed by atoms with Gasteiger partial charge in [-0.2, -0.15) is 0 Å². The monoisotopic (exact) mass is 254 g/mol. The fourth-order valence-corrected chi connectivity index (χ4v) is 1.78. The minimum atomic E-state index is -0.975. The first-order chi connectivity index (χ1) is 8.40. The summed E-state index contributed by atoms with van der Waals surface area (Å²) in [6.45, 7) is 10.5. The van der Waals surface area contributed by atoms with Crippen LogP contribution in [-0.4, -0.2) is 71.2 Å². The molecule has 1 aliphatic rings. The molecule has 0 bridgehead atoms. The second-order valence-corrected chi connectivity index (χ2v) is 4.37. The Morgan fingerprint density at radius 2 is 1.11 bits per heavy atom. The molecule has 0 aliphatic carbocycles. The number of carbonyl (C=O) groups is 2. The Morgan fingerprint density at radius 1 is 0.833 bits per heavy atom. The van der Waals surface area contributed by atoms with Gasteiger partial charge in [-0.1, -0.05) is 13.2 Å². The molecule has 1 fully saturated rings. The van der Waals surface area contributed by atoms with Crippen LogP contribution < -0.4 is 0 Å². The van der Waals surface area contributed by atoms with Crippen molar-refractivity contribution in [1.82, 2.24) is 9.80 Å². The fraction of sp³-hybridized carbons (Fsp3) is 0.500. The first-order valence-electron chi connectivity index (χ1n) is 5.67. The molecule has 0 aromatic carbocycles. The molecule has 0 aromatic heterocycles. The van der Waals surface area contributed by atoms with Gasteiger partial charge in [-0.25, -0.2) is 9.59 Å². The number of hydrogen-bond acceptors (Lipinski definition) is 4. The number of piperazine rings is 1. The van der Waals surface area contributed by atoms with Crippen LogP contribution in [0.25, 0.3) is 0 Å². The SMILES string of the molecule is C=C(CN1CCN(CC(=C)C(=O)O)CC1)C(=O)O. The summed E-state index contributed by atoms with van der Waals surface area (Å²) in [6, 6.07) is 0. The summed E-state index contributed by atoms with van der Waals surface area (Å²) < 4.78 is 0. The number of rotatable bonds is 6. The van der Waals surface area contributed by atoms with Crippen molar-refractivity contribution >= 4 is 11.9 Å². The van der Waals surface area contributed by atoms with Crippen LogP contribution in [0.5, 0.6) is 0 Å². The molecule has 6 heteroatoms. The zero-order valence-electron chi connectivity index (χ0n) is 10.3. The smallest absolute Gasteiger partial charge is 0.332 e. The van der Waals surface area contributed by atoms with Crippen molar-refractivity contribution < 1.29 is 19.8 Å². The third kappa shape index (κ3) is 4.31. The molecule has 1 heterocycles. The van der Waals surface area contributed by atoms with Gasteiger partial charge in [0.25, 0.3) is 0 Å². The number of nitrogens with zero attached hydrogens (tertiary/aromatic N) is 2. The number of hydrogen-bond donors (Lipinski definition) is 2. The Balaban J connectivity index is 2.33. The number of carboxylic acids is 2. The summed E-state index contributed by atoms with van der Waals surface area (Å²) in [7, 11) is 0. The summed E-state index contributed by atoms with van der Waals surface area (Å²) in [5.74, 6) is -1.95. The van der Waals surface area contributed by atoms with E-state index in [0.717, 1.165) is 0 Å². The van der Waals surface area contributed by atoms with E-state index in [1.54, 1.807) is 0 Å². The van der Waals surface area contributed by atoms with Crippen LogP contribution in [0.1, 0.15) is 0 Å². The number of carboxylic acid groups (broad SMARTS) is 2. The lowest BCUT2D eigenvalue weighted by molar-refractivity contribution is -0.134. The highest BCUT2D eigenvalue weighted by Crippen LogP contribution is 2.06. The van der Waals surface area contributed by atoms with Crippen molar-refractivity contribution in [3.8, 4) is 0 Å². The molecule has 0 amide bonds. The molecule has 0 radical (unpaired) electrons. The van der Waals surface area contributed by atoms with Gasteiger partial charge >= 0.3 is 11.9 Å². The molecule has 0 spiro atoms. The van der Waals surface area contributed by atoms with Gasteiger partial charge in [-0.3, -0.25) is 9.80 Å². The van der Waals surface area contributed by atoms with Crippen LogP contribution in [0.4, 0.5) is 0 Å². The summed E-state index contributed by atoms with van der Waals surface area (Å²) in [4.78, 5) is 25.3. The van der Waals surface area contributed by atoms with Crippen LogP contribution in [-0.2, 0) is 9.59 Å². The maximum atomic E-state index is 10.6.